The van der Waals surface area contributed by atoms with Crippen molar-refractivity contribution in [3.8, 4) is 0 Å². The molecule has 0 saturated carbocycles. The van der Waals surface area contributed by atoms with Crippen LogP contribution in [0.1, 0.15) is 34.2 Å². The lowest BCUT2D eigenvalue weighted by Gasteiger charge is -2.22. The molecule has 3 heterocycles. The zero-order valence-corrected chi connectivity index (χ0v) is 17.2. The first-order chi connectivity index (χ1) is 13.6. The molecule has 0 unspecified atom stereocenters. The molecule has 0 aliphatic heterocycles. The fourth-order valence-electron chi connectivity index (χ4n) is 3.37. The Kier molecular flexibility index (Phi) is 7.26. The van der Waals surface area contributed by atoms with Crippen LogP contribution in [0.15, 0.2) is 54.6 Å². The lowest BCUT2D eigenvalue weighted by molar-refractivity contribution is 0.281. The Hall–Kier alpha value is -2.59. The monoisotopic (exact) mass is 374 g/mol. The molecule has 0 aromatic carbocycles. The average molecular weight is 375 g/mol. The van der Waals surface area contributed by atoms with E-state index in [0.717, 1.165) is 73.1 Å². The number of nitrogens with zero attached hydrogens (tertiary/aromatic N) is 4. The second kappa shape index (κ2) is 10.1. The van der Waals surface area contributed by atoms with Gasteiger partial charge in [-0.3, -0.25) is 15.0 Å². The van der Waals surface area contributed by atoms with Gasteiger partial charge >= 0.3 is 0 Å². The van der Waals surface area contributed by atoms with Crippen molar-refractivity contribution >= 4 is 0 Å². The van der Waals surface area contributed by atoms with E-state index in [1.807, 2.05) is 39.0 Å². The van der Waals surface area contributed by atoms with Gasteiger partial charge < -0.3 is 4.90 Å². The third-order valence-corrected chi connectivity index (χ3v) is 4.89. The molecule has 146 valence electrons. The number of hydrogen-bond donors (Lipinski definition) is 0. The van der Waals surface area contributed by atoms with Crippen LogP contribution in [0.5, 0.6) is 0 Å². The van der Waals surface area contributed by atoms with Crippen LogP contribution in [0.2, 0.25) is 0 Å². The van der Waals surface area contributed by atoms with Crippen molar-refractivity contribution in [2.45, 2.75) is 40.0 Å². The van der Waals surface area contributed by atoms with Gasteiger partial charge in [0, 0.05) is 73.1 Å². The van der Waals surface area contributed by atoms with Gasteiger partial charge in [0.15, 0.2) is 0 Å². The summed E-state index contributed by atoms with van der Waals surface area (Å²) in [6, 6.07) is 18.8. The van der Waals surface area contributed by atoms with Crippen LogP contribution >= 0.6 is 0 Å². The molecular formula is C24H30N4. The molecule has 0 fully saturated rings. The first-order valence-electron chi connectivity index (χ1n) is 10.1. The third-order valence-electron chi connectivity index (χ3n) is 4.89. The number of rotatable bonds is 9. The topological polar surface area (TPSA) is 41.9 Å². The van der Waals surface area contributed by atoms with Gasteiger partial charge in [0.25, 0.3) is 0 Å². The number of hydrogen-bond acceptors (Lipinski definition) is 4. The van der Waals surface area contributed by atoms with Crippen molar-refractivity contribution in [3.63, 3.8) is 0 Å². The van der Waals surface area contributed by atoms with E-state index in [2.05, 4.69) is 56.3 Å². The van der Waals surface area contributed by atoms with E-state index >= 15 is 0 Å². The Morgan fingerprint density at radius 3 is 1.14 bits per heavy atom. The summed E-state index contributed by atoms with van der Waals surface area (Å²) in [5.74, 6) is 0. The van der Waals surface area contributed by atoms with E-state index in [1.165, 1.54) is 0 Å². The maximum Gasteiger partial charge on any atom is 0.0419 e. The molecule has 3 aromatic heterocycles. The predicted molar refractivity (Wildman–Crippen MR) is 114 cm³/mol. The zero-order chi connectivity index (χ0) is 19.8. The van der Waals surface area contributed by atoms with Crippen molar-refractivity contribution in [3.05, 3.63) is 88.8 Å². The molecule has 0 bridgehead atoms. The summed E-state index contributed by atoms with van der Waals surface area (Å²) in [6.07, 6.45) is 2.89. The first kappa shape index (κ1) is 20.2. The largest absolute Gasteiger partial charge is 0.302 e. The maximum absolute atomic E-state index is 4.65. The number of pyridine rings is 3. The van der Waals surface area contributed by atoms with E-state index in [1.54, 1.807) is 0 Å². The first-order valence-corrected chi connectivity index (χ1v) is 10.1. The van der Waals surface area contributed by atoms with Gasteiger partial charge in [-0.2, -0.15) is 0 Å². The summed E-state index contributed by atoms with van der Waals surface area (Å²) < 4.78 is 0. The quantitative estimate of drug-likeness (QED) is 0.565. The SMILES string of the molecule is Cc1cccc(CCN(CCc2cccc(C)n2)CCc2cccc(C)n2)n1. The fourth-order valence-corrected chi connectivity index (χ4v) is 3.37. The van der Waals surface area contributed by atoms with Gasteiger partial charge in [-0.05, 0) is 57.2 Å². The van der Waals surface area contributed by atoms with Crippen LogP contribution in [0.4, 0.5) is 0 Å². The highest BCUT2D eigenvalue weighted by Crippen LogP contribution is 2.06. The van der Waals surface area contributed by atoms with Crippen molar-refractivity contribution in [1.29, 1.82) is 0 Å². The third kappa shape index (κ3) is 6.54. The second-order valence-electron chi connectivity index (χ2n) is 7.40. The minimum Gasteiger partial charge on any atom is -0.302 e. The van der Waals surface area contributed by atoms with E-state index in [9.17, 15) is 0 Å². The highest BCUT2D eigenvalue weighted by Gasteiger charge is 2.09. The molecule has 0 amide bonds. The minimum absolute atomic E-state index is 0.962. The maximum atomic E-state index is 4.65. The minimum atomic E-state index is 0.962. The van der Waals surface area contributed by atoms with Crippen LogP contribution in [-0.2, 0) is 19.3 Å². The standard InChI is InChI=1S/C24H30N4/c1-19-7-4-10-22(25-19)13-16-28(17-14-23-11-5-8-20(2)26-23)18-15-24-12-6-9-21(3)27-24/h4-12H,13-18H2,1-3H3. The Morgan fingerprint density at radius 1 is 0.536 bits per heavy atom. The van der Waals surface area contributed by atoms with Crippen molar-refractivity contribution < 1.29 is 0 Å². The molecule has 0 N–H and O–H groups in total. The van der Waals surface area contributed by atoms with Crippen molar-refractivity contribution in [2.24, 2.45) is 0 Å². The number of aryl methyl sites for hydroxylation is 3. The van der Waals surface area contributed by atoms with Crippen LogP contribution in [0.25, 0.3) is 0 Å². The molecule has 0 radical (unpaired) electrons. The molecule has 0 aliphatic carbocycles. The average Bonchev–Trinajstić information content (AvgIpc) is 2.67. The fraction of sp³-hybridized carbons (Fsp3) is 0.375. The van der Waals surface area contributed by atoms with Gasteiger partial charge in [0.05, 0.1) is 0 Å². The summed E-state index contributed by atoms with van der Waals surface area (Å²) in [5, 5.41) is 0. The number of aromatic nitrogens is 3. The van der Waals surface area contributed by atoms with Gasteiger partial charge in [0.2, 0.25) is 0 Å². The normalized spacial score (nSPS) is 11.1. The summed E-state index contributed by atoms with van der Waals surface area (Å²) in [6.45, 7) is 9.13. The molecule has 0 aliphatic rings. The summed E-state index contributed by atoms with van der Waals surface area (Å²) in [4.78, 5) is 16.5. The molecule has 4 heteroatoms. The van der Waals surface area contributed by atoms with Crippen LogP contribution in [0.3, 0.4) is 0 Å². The molecule has 4 nitrogen and oxygen atoms in total. The molecule has 0 atom stereocenters. The van der Waals surface area contributed by atoms with Crippen LogP contribution in [-0.4, -0.2) is 39.5 Å². The molecule has 0 spiro atoms. The molecule has 3 rings (SSSR count). The summed E-state index contributed by atoms with van der Waals surface area (Å²) in [5.41, 5.74) is 6.72. The molecule has 0 saturated heterocycles. The summed E-state index contributed by atoms with van der Waals surface area (Å²) >= 11 is 0. The van der Waals surface area contributed by atoms with Crippen LogP contribution < -0.4 is 0 Å². The van der Waals surface area contributed by atoms with Gasteiger partial charge in [0.1, 0.15) is 0 Å². The van der Waals surface area contributed by atoms with E-state index < -0.39 is 0 Å². The Labute approximate surface area is 168 Å². The summed E-state index contributed by atoms with van der Waals surface area (Å²) in [7, 11) is 0. The Balaban J connectivity index is 1.61. The lowest BCUT2D eigenvalue weighted by atomic mass is 10.2. The molecular weight excluding hydrogens is 344 g/mol. The van der Waals surface area contributed by atoms with Crippen LogP contribution in [0, 0.1) is 20.8 Å². The van der Waals surface area contributed by atoms with E-state index in [-0.39, 0.29) is 0 Å². The van der Waals surface area contributed by atoms with Gasteiger partial charge in [-0.1, -0.05) is 18.2 Å². The Morgan fingerprint density at radius 2 is 0.857 bits per heavy atom. The Bertz CT molecular complexity index is 773. The van der Waals surface area contributed by atoms with E-state index in [0.29, 0.717) is 0 Å². The van der Waals surface area contributed by atoms with Gasteiger partial charge in [-0.15, -0.1) is 0 Å². The highest BCUT2D eigenvalue weighted by molar-refractivity contribution is 5.12. The zero-order valence-electron chi connectivity index (χ0n) is 17.2. The van der Waals surface area contributed by atoms with Gasteiger partial charge in [-0.25, -0.2) is 0 Å². The molecule has 3 aromatic rings. The van der Waals surface area contributed by atoms with Crippen molar-refractivity contribution in [1.82, 2.24) is 19.9 Å². The molecule has 28 heavy (non-hydrogen) atoms. The highest BCUT2D eigenvalue weighted by atomic mass is 15.1. The smallest absolute Gasteiger partial charge is 0.0419 e. The second-order valence-corrected chi connectivity index (χ2v) is 7.40. The predicted octanol–water partition coefficient (Wildman–Crippen LogP) is 4.13. The van der Waals surface area contributed by atoms with Crippen molar-refractivity contribution in [2.75, 3.05) is 19.6 Å². The van der Waals surface area contributed by atoms with E-state index in [4.69, 9.17) is 0 Å². The lowest BCUT2D eigenvalue weighted by Crippen LogP contribution is -2.31.